The summed E-state index contributed by atoms with van der Waals surface area (Å²) in [5.74, 6) is 0. The molecule has 1 atom stereocenters. The lowest BCUT2D eigenvalue weighted by Crippen LogP contribution is -2.53. The van der Waals surface area contributed by atoms with Crippen LogP contribution in [0.2, 0.25) is 0 Å². The van der Waals surface area contributed by atoms with Gasteiger partial charge in [0.05, 0.1) is 0 Å². The average Bonchev–Trinajstić information content (AvgIpc) is 2.42. The van der Waals surface area contributed by atoms with Crippen LogP contribution in [0.3, 0.4) is 0 Å². The molecule has 21 heavy (non-hydrogen) atoms. The van der Waals surface area contributed by atoms with E-state index < -0.39 is 0 Å². The molecule has 0 aliphatic rings. The van der Waals surface area contributed by atoms with Gasteiger partial charge in [-0.3, -0.25) is 0 Å². The van der Waals surface area contributed by atoms with Gasteiger partial charge in [0.25, 0.3) is 0 Å². The highest BCUT2D eigenvalue weighted by molar-refractivity contribution is 4.87. The van der Waals surface area contributed by atoms with Crippen molar-refractivity contribution in [3.63, 3.8) is 0 Å². The lowest BCUT2D eigenvalue weighted by Gasteiger charge is -2.31. The molecule has 0 fully saturated rings. The fraction of sp³-hybridized carbons (Fsp3) is 1.00. The first-order chi connectivity index (χ1) is 10.0. The predicted octanol–water partition coefficient (Wildman–Crippen LogP) is 5.40. The number of rotatable bonds is 15. The zero-order valence-corrected chi connectivity index (χ0v) is 15.3. The molecule has 0 aliphatic heterocycles. The minimum absolute atomic E-state index is 0.103. The molecule has 0 radical (unpaired) electrons. The van der Waals surface area contributed by atoms with Gasteiger partial charge in [-0.2, -0.15) is 0 Å². The van der Waals surface area contributed by atoms with Crippen LogP contribution in [-0.4, -0.2) is 18.1 Å². The molecular formula is C19H42N2. The molecule has 2 nitrogen and oxygen atoms in total. The van der Waals surface area contributed by atoms with Crippen molar-refractivity contribution in [1.29, 1.82) is 0 Å². The van der Waals surface area contributed by atoms with Crippen molar-refractivity contribution in [1.82, 2.24) is 5.32 Å². The number of hydrogen-bond acceptors (Lipinski definition) is 2. The van der Waals surface area contributed by atoms with Crippen LogP contribution in [0.4, 0.5) is 0 Å². The summed E-state index contributed by atoms with van der Waals surface area (Å²) in [4.78, 5) is 0. The van der Waals surface area contributed by atoms with Crippen LogP contribution in [0, 0.1) is 0 Å². The minimum Gasteiger partial charge on any atom is -0.324 e. The van der Waals surface area contributed by atoms with Crippen LogP contribution in [0.15, 0.2) is 0 Å². The van der Waals surface area contributed by atoms with Crippen molar-refractivity contribution in [3.05, 3.63) is 0 Å². The average molecular weight is 299 g/mol. The van der Waals surface area contributed by atoms with Crippen LogP contribution in [-0.2, 0) is 0 Å². The monoisotopic (exact) mass is 298 g/mol. The highest BCUT2D eigenvalue weighted by atomic mass is 15.0. The number of unbranched alkanes of at least 4 members (excludes halogenated alkanes) is 9. The van der Waals surface area contributed by atoms with Crippen molar-refractivity contribution >= 4 is 0 Å². The Hall–Kier alpha value is -0.0800. The normalized spacial score (nSPS) is 13.6. The van der Waals surface area contributed by atoms with Gasteiger partial charge >= 0.3 is 0 Å². The first-order valence-corrected chi connectivity index (χ1v) is 9.54. The molecule has 0 aliphatic carbocycles. The fourth-order valence-electron chi connectivity index (χ4n) is 2.91. The molecule has 128 valence electrons. The lowest BCUT2D eigenvalue weighted by molar-refractivity contribution is 0.319. The Morgan fingerprint density at radius 3 is 1.67 bits per heavy atom. The van der Waals surface area contributed by atoms with Crippen molar-refractivity contribution in [2.75, 3.05) is 6.54 Å². The molecule has 0 heterocycles. The molecule has 0 saturated carbocycles. The Bertz CT molecular complexity index is 208. The summed E-state index contributed by atoms with van der Waals surface area (Å²) in [7, 11) is 0. The molecule has 0 spiro atoms. The second-order valence-corrected chi connectivity index (χ2v) is 7.30. The highest BCUT2D eigenvalue weighted by Crippen LogP contribution is 2.12. The van der Waals surface area contributed by atoms with Gasteiger partial charge in [0.15, 0.2) is 0 Å². The van der Waals surface area contributed by atoms with Crippen LogP contribution in [0.1, 0.15) is 105 Å². The molecular weight excluding hydrogens is 256 g/mol. The fourth-order valence-corrected chi connectivity index (χ4v) is 2.91. The molecule has 0 aromatic heterocycles. The maximum Gasteiger partial charge on any atom is 0.0252 e. The Labute approximate surface area is 134 Å². The first kappa shape index (κ1) is 20.9. The van der Waals surface area contributed by atoms with E-state index in [1.807, 2.05) is 0 Å². The van der Waals surface area contributed by atoms with E-state index in [1.54, 1.807) is 0 Å². The Morgan fingerprint density at radius 1 is 0.762 bits per heavy atom. The van der Waals surface area contributed by atoms with Gasteiger partial charge in [-0.25, -0.2) is 0 Å². The zero-order valence-electron chi connectivity index (χ0n) is 15.3. The van der Waals surface area contributed by atoms with E-state index in [1.165, 1.54) is 77.0 Å². The number of hydrogen-bond donors (Lipinski definition) is 2. The van der Waals surface area contributed by atoms with Crippen LogP contribution in [0.5, 0.6) is 0 Å². The maximum atomic E-state index is 6.23. The Morgan fingerprint density at radius 2 is 1.24 bits per heavy atom. The van der Waals surface area contributed by atoms with Crippen molar-refractivity contribution in [3.8, 4) is 0 Å². The van der Waals surface area contributed by atoms with E-state index in [0.717, 1.165) is 6.54 Å². The number of nitrogens with one attached hydrogen (secondary N) is 1. The summed E-state index contributed by atoms with van der Waals surface area (Å²) >= 11 is 0. The standard InChI is InChI=1S/C19H42N2/c1-5-7-8-9-10-11-12-13-14-15-17-21-18(16-6-2)19(3,4)20/h18,21H,5-17,20H2,1-4H3. The van der Waals surface area contributed by atoms with Gasteiger partial charge in [-0.15, -0.1) is 0 Å². The minimum atomic E-state index is -0.103. The van der Waals surface area contributed by atoms with Gasteiger partial charge in [0, 0.05) is 11.6 Å². The van der Waals surface area contributed by atoms with Crippen molar-refractivity contribution in [2.24, 2.45) is 5.73 Å². The lowest BCUT2D eigenvalue weighted by atomic mass is 9.92. The van der Waals surface area contributed by atoms with E-state index in [-0.39, 0.29) is 5.54 Å². The maximum absolute atomic E-state index is 6.23. The van der Waals surface area contributed by atoms with Gasteiger partial charge in [-0.05, 0) is 33.2 Å². The quantitative estimate of drug-likeness (QED) is 0.397. The third-order valence-corrected chi connectivity index (χ3v) is 4.40. The molecule has 2 heteroatoms. The SMILES string of the molecule is CCCCCCCCCCCCNC(CCC)C(C)(C)N. The third-order valence-electron chi connectivity index (χ3n) is 4.40. The molecule has 0 bridgehead atoms. The van der Waals surface area contributed by atoms with E-state index in [0.29, 0.717) is 6.04 Å². The summed E-state index contributed by atoms with van der Waals surface area (Å²) in [5.41, 5.74) is 6.13. The molecule has 0 saturated heterocycles. The van der Waals surface area contributed by atoms with E-state index >= 15 is 0 Å². The molecule has 3 N–H and O–H groups in total. The van der Waals surface area contributed by atoms with E-state index in [4.69, 9.17) is 5.73 Å². The van der Waals surface area contributed by atoms with Crippen molar-refractivity contribution < 1.29 is 0 Å². The third kappa shape index (κ3) is 13.3. The van der Waals surface area contributed by atoms with Crippen molar-refractivity contribution in [2.45, 2.75) is 116 Å². The van der Waals surface area contributed by atoms with Gasteiger partial charge in [0.2, 0.25) is 0 Å². The summed E-state index contributed by atoms with van der Waals surface area (Å²) in [6, 6.07) is 0.459. The number of nitrogens with two attached hydrogens (primary N) is 1. The summed E-state index contributed by atoms with van der Waals surface area (Å²) in [6.45, 7) is 9.92. The Kier molecular flexibility index (Phi) is 13.5. The second kappa shape index (κ2) is 13.6. The molecule has 0 rings (SSSR count). The van der Waals surface area contributed by atoms with Gasteiger partial charge in [-0.1, -0.05) is 78.1 Å². The zero-order chi connectivity index (χ0) is 16.0. The predicted molar refractivity (Wildman–Crippen MR) is 96.8 cm³/mol. The first-order valence-electron chi connectivity index (χ1n) is 9.54. The van der Waals surface area contributed by atoms with E-state index in [9.17, 15) is 0 Å². The van der Waals surface area contributed by atoms with Gasteiger partial charge < -0.3 is 11.1 Å². The van der Waals surface area contributed by atoms with Crippen LogP contribution < -0.4 is 11.1 Å². The summed E-state index contributed by atoms with van der Waals surface area (Å²) in [5, 5.41) is 3.66. The molecule has 0 aromatic rings. The van der Waals surface area contributed by atoms with Crippen LogP contribution >= 0.6 is 0 Å². The van der Waals surface area contributed by atoms with Gasteiger partial charge in [0.1, 0.15) is 0 Å². The summed E-state index contributed by atoms with van der Waals surface area (Å²) < 4.78 is 0. The Balaban J connectivity index is 3.38. The largest absolute Gasteiger partial charge is 0.324 e. The molecule has 0 aromatic carbocycles. The second-order valence-electron chi connectivity index (χ2n) is 7.30. The van der Waals surface area contributed by atoms with Crippen LogP contribution in [0.25, 0.3) is 0 Å². The topological polar surface area (TPSA) is 38.0 Å². The molecule has 1 unspecified atom stereocenters. The molecule has 0 amide bonds. The van der Waals surface area contributed by atoms with E-state index in [2.05, 4.69) is 33.0 Å². The smallest absolute Gasteiger partial charge is 0.0252 e. The summed E-state index contributed by atoms with van der Waals surface area (Å²) in [6.07, 6.45) is 16.4. The highest BCUT2D eigenvalue weighted by Gasteiger charge is 2.23.